The Hall–Kier alpha value is -3.11. The lowest BCUT2D eigenvalue weighted by Gasteiger charge is -2.08. The van der Waals surface area contributed by atoms with Crippen LogP contribution in [0.5, 0.6) is 0 Å². The first-order valence-electron chi connectivity index (χ1n) is 8.87. The molecule has 4 aromatic rings. The van der Waals surface area contributed by atoms with Crippen molar-refractivity contribution in [3.05, 3.63) is 65.2 Å². The van der Waals surface area contributed by atoms with Gasteiger partial charge in [0.2, 0.25) is 0 Å². The van der Waals surface area contributed by atoms with Crippen LogP contribution < -0.4 is 5.32 Å². The highest BCUT2D eigenvalue weighted by Crippen LogP contribution is 2.28. The van der Waals surface area contributed by atoms with E-state index in [1.807, 2.05) is 6.07 Å². The summed E-state index contributed by atoms with van der Waals surface area (Å²) in [6.07, 6.45) is 1.13. The van der Waals surface area contributed by atoms with Crippen molar-refractivity contribution in [2.45, 2.75) is 18.7 Å². The predicted octanol–water partition coefficient (Wildman–Crippen LogP) is 3.89. The molecule has 0 atom stereocenters. The van der Waals surface area contributed by atoms with Crippen LogP contribution in [0.2, 0.25) is 0 Å². The molecule has 4 rings (SSSR count). The molecule has 7 nitrogen and oxygen atoms in total. The van der Waals surface area contributed by atoms with E-state index in [1.165, 1.54) is 35.0 Å². The largest absolute Gasteiger partial charge is 0.298 e. The van der Waals surface area contributed by atoms with Crippen molar-refractivity contribution < 1.29 is 17.6 Å². The second kappa shape index (κ2) is 7.29. The summed E-state index contributed by atoms with van der Waals surface area (Å²) in [6.45, 7) is 3.61. The molecule has 0 aliphatic heterocycles. The number of hydrogen-bond donors (Lipinski definition) is 1. The smallest absolute Gasteiger partial charge is 0.257 e. The van der Waals surface area contributed by atoms with Crippen LogP contribution >= 0.6 is 11.3 Å². The molecular formula is C20H17FN4O3S2. The minimum atomic E-state index is -3.34. The van der Waals surface area contributed by atoms with Crippen LogP contribution in [0.1, 0.15) is 21.7 Å². The number of amides is 1. The van der Waals surface area contributed by atoms with Gasteiger partial charge >= 0.3 is 0 Å². The predicted molar refractivity (Wildman–Crippen MR) is 114 cm³/mol. The molecule has 0 bridgehead atoms. The number of fused-ring (bicyclic) bond motifs is 1. The summed E-state index contributed by atoms with van der Waals surface area (Å²) in [5.74, 6) is -0.953. The van der Waals surface area contributed by atoms with Crippen molar-refractivity contribution in [2.75, 3.05) is 11.6 Å². The van der Waals surface area contributed by atoms with E-state index in [0.717, 1.165) is 29.0 Å². The fourth-order valence-corrected chi connectivity index (χ4v) is 4.67. The van der Waals surface area contributed by atoms with Crippen LogP contribution in [0, 0.1) is 19.7 Å². The summed E-state index contributed by atoms with van der Waals surface area (Å²) >= 11 is 1.16. The molecule has 154 valence electrons. The third-order valence-electron chi connectivity index (χ3n) is 4.45. The van der Waals surface area contributed by atoms with E-state index in [0.29, 0.717) is 15.3 Å². The number of nitrogens with one attached hydrogen (secondary N) is 1. The van der Waals surface area contributed by atoms with Gasteiger partial charge in [0.25, 0.3) is 5.91 Å². The molecule has 2 aromatic carbocycles. The number of halogens is 1. The number of anilines is 1. The Labute approximate surface area is 176 Å². The number of rotatable bonds is 4. The molecule has 30 heavy (non-hydrogen) atoms. The Morgan fingerprint density at radius 2 is 1.90 bits per heavy atom. The van der Waals surface area contributed by atoms with Crippen LogP contribution in [0.25, 0.3) is 15.9 Å². The van der Waals surface area contributed by atoms with Gasteiger partial charge in [0.05, 0.1) is 20.8 Å². The molecule has 2 heterocycles. The monoisotopic (exact) mass is 444 g/mol. The lowest BCUT2D eigenvalue weighted by Crippen LogP contribution is -2.13. The number of benzene rings is 2. The highest BCUT2D eigenvalue weighted by Gasteiger charge is 2.16. The topological polar surface area (TPSA) is 94.0 Å². The fourth-order valence-electron chi connectivity index (χ4n) is 3.05. The number of hydrogen-bond acceptors (Lipinski definition) is 6. The zero-order chi connectivity index (χ0) is 21.6. The molecule has 1 amide bonds. The van der Waals surface area contributed by atoms with Crippen molar-refractivity contribution in [1.29, 1.82) is 0 Å². The summed E-state index contributed by atoms with van der Waals surface area (Å²) in [7, 11) is -3.34. The van der Waals surface area contributed by atoms with Gasteiger partial charge in [-0.25, -0.2) is 22.5 Å². The standard InChI is InChI=1S/C20H17FN4O3S2/c1-11-8-12(2)25(24-11)17-9-13(4-6-15(17)21)19(26)23-20-22-16-7-5-14(30(3,27)28)10-18(16)29-20/h4-10H,1-3H3,(H,22,23,26). The molecule has 0 saturated carbocycles. The van der Waals surface area contributed by atoms with Gasteiger partial charge in [-0.3, -0.25) is 10.1 Å². The van der Waals surface area contributed by atoms with Gasteiger partial charge < -0.3 is 0 Å². The SMILES string of the molecule is Cc1cc(C)n(-c2cc(C(=O)Nc3nc4ccc(S(C)(=O)=O)cc4s3)ccc2F)n1. The molecule has 2 aromatic heterocycles. The Bertz CT molecular complexity index is 1410. The third-order valence-corrected chi connectivity index (χ3v) is 6.50. The Kier molecular flexibility index (Phi) is 4.91. The zero-order valence-electron chi connectivity index (χ0n) is 16.3. The van der Waals surface area contributed by atoms with Gasteiger partial charge in [-0.2, -0.15) is 5.10 Å². The number of aryl methyl sites for hydroxylation is 2. The van der Waals surface area contributed by atoms with Crippen molar-refractivity contribution in [3.63, 3.8) is 0 Å². The summed E-state index contributed by atoms with van der Waals surface area (Å²) in [5.41, 5.74) is 2.48. The zero-order valence-corrected chi connectivity index (χ0v) is 17.9. The van der Waals surface area contributed by atoms with Crippen LogP contribution in [0.3, 0.4) is 0 Å². The molecule has 0 aliphatic rings. The average molecular weight is 445 g/mol. The summed E-state index contributed by atoms with van der Waals surface area (Å²) in [5, 5.41) is 7.28. The summed E-state index contributed by atoms with van der Waals surface area (Å²) in [6, 6.07) is 10.4. The lowest BCUT2D eigenvalue weighted by molar-refractivity contribution is 0.102. The summed E-state index contributed by atoms with van der Waals surface area (Å²) < 4.78 is 39.9. The van der Waals surface area contributed by atoms with Crippen LogP contribution in [0.4, 0.5) is 9.52 Å². The van der Waals surface area contributed by atoms with Gasteiger partial charge in [0.15, 0.2) is 15.0 Å². The Balaban J connectivity index is 1.64. The van der Waals surface area contributed by atoms with Crippen LogP contribution in [0.15, 0.2) is 47.4 Å². The number of nitrogens with zero attached hydrogens (tertiary/aromatic N) is 3. The molecule has 0 spiro atoms. The van der Waals surface area contributed by atoms with E-state index < -0.39 is 21.6 Å². The highest BCUT2D eigenvalue weighted by atomic mass is 32.2. The maximum atomic E-state index is 14.4. The van der Waals surface area contributed by atoms with E-state index in [4.69, 9.17) is 0 Å². The minimum absolute atomic E-state index is 0.176. The molecule has 0 radical (unpaired) electrons. The maximum absolute atomic E-state index is 14.4. The van der Waals surface area contributed by atoms with E-state index in [-0.39, 0.29) is 16.1 Å². The first-order valence-corrected chi connectivity index (χ1v) is 11.6. The van der Waals surface area contributed by atoms with Gasteiger partial charge in [-0.15, -0.1) is 0 Å². The minimum Gasteiger partial charge on any atom is -0.298 e. The van der Waals surface area contributed by atoms with Crippen LogP contribution in [-0.4, -0.2) is 35.3 Å². The second-order valence-corrected chi connectivity index (χ2v) is 9.93. The van der Waals surface area contributed by atoms with Gasteiger partial charge in [0, 0.05) is 17.5 Å². The third kappa shape index (κ3) is 3.83. The average Bonchev–Trinajstić information content (AvgIpc) is 3.22. The maximum Gasteiger partial charge on any atom is 0.257 e. The normalized spacial score (nSPS) is 11.7. The quantitative estimate of drug-likeness (QED) is 0.515. The molecule has 0 aliphatic carbocycles. The number of aromatic nitrogens is 3. The number of sulfone groups is 1. The molecule has 0 fully saturated rings. The molecule has 0 saturated heterocycles. The first kappa shape index (κ1) is 20.2. The van der Waals surface area contributed by atoms with E-state index >= 15 is 0 Å². The molecule has 0 unspecified atom stereocenters. The number of carbonyl (C=O) groups excluding carboxylic acids is 1. The first-order chi connectivity index (χ1) is 14.1. The molecule has 10 heteroatoms. The molecule has 1 N–H and O–H groups in total. The number of thiazole rings is 1. The Morgan fingerprint density at radius 1 is 1.13 bits per heavy atom. The van der Waals surface area contributed by atoms with Crippen LogP contribution in [-0.2, 0) is 9.84 Å². The van der Waals surface area contributed by atoms with E-state index in [1.54, 1.807) is 19.9 Å². The lowest BCUT2D eigenvalue weighted by atomic mass is 10.2. The van der Waals surface area contributed by atoms with E-state index in [2.05, 4.69) is 15.4 Å². The van der Waals surface area contributed by atoms with Crippen molar-refractivity contribution in [2.24, 2.45) is 0 Å². The van der Waals surface area contributed by atoms with Gasteiger partial charge in [0.1, 0.15) is 11.5 Å². The van der Waals surface area contributed by atoms with Gasteiger partial charge in [-0.05, 0) is 56.3 Å². The van der Waals surface area contributed by atoms with Crippen molar-refractivity contribution >= 4 is 42.4 Å². The highest BCUT2D eigenvalue weighted by molar-refractivity contribution is 7.90. The van der Waals surface area contributed by atoms with Crippen molar-refractivity contribution in [3.8, 4) is 5.69 Å². The molecular weight excluding hydrogens is 427 g/mol. The number of carbonyl (C=O) groups is 1. The second-order valence-electron chi connectivity index (χ2n) is 6.88. The van der Waals surface area contributed by atoms with Crippen molar-refractivity contribution in [1.82, 2.24) is 14.8 Å². The summed E-state index contributed by atoms with van der Waals surface area (Å²) in [4.78, 5) is 17.2. The van der Waals surface area contributed by atoms with E-state index in [9.17, 15) is 17.6 Å². The Morgan fingerprint density at radius 3 is 2.57 bits per heavy atom. The van der Waals surface area contributed by atoms with Gasteiger partial charge in [-0.1, -0.05) is 11.3 Å². The fraction of sp³-hybridized carbons (Fsp3) is 0.150.